The molecule has 0 saturated heterocycles. The van der Waals surface area contributed by atoms with Crippen molar-refractivity contribution in [2.24, 2.45) is 12.5 Å². The Hall–Kier alpha value is -0.830. The highest BCUT2D eigenvalue weighted by Gasteiger charge is 2.21. The van der Waals surface area contributed by atoms with Gasteiger partial charge < -0.3 is 5.11 Å². The van der Waals surface area contributed by atoms with Gasteiger partial charge >= 0.3 is 0 Å². The molecule has 1 rings (SSSR count). The van der Waals surface area contributed by atoms with Crippen LogP contribution in [0.5, 0.6) is 0 Å². The van der Waals surface area contributed by atoms with E-state index in [2.05, 4.69) is 18.9 Å². The van der Waals surface area contributed by atoms with Gasteiger partial charge in [0.15, 0.2) is 0 Å². The van der Waals surface area contributed by atoms with E-state index in [1.807, 2.05) is 30.9 Å². The summed E-state index contributed by atoms with van der Waals surface area (Å²) in [7, 11) is 1.92. The Bertz CT molecular complexity index is 289. The number of aryl methyl sites for hydroxylation is 1. The van der Waals surface area contributed by atoms with Crippen molar-refractivity contribution in [3.05, 3.63) is 18.0 Å². The van der Waals surface area contributed by atoms with Gasteiger partial charge in [-0.25, -0.2) is 0 Å². The molecule has 1 aromatic heterocycles. The third-order valence-corrected chi connectivity index (χ3v) is 2.28. The van der Waals surface area contributed by atoms with Gasteiger partial charge in [0.1, 0.15) is 0 Å². The van der Waals surface area contributed by atoms with Crippen molar-refractivity contribution in [1.82, 2.24) is 9.78 Å². The maximum absolute atomic E-state index is 9.35. The predicted octanol–water partition coefficient (Wildman–Crippen LogP) is 1.76. The predicted molar refractivity (Wildman–Crippen MR) is 57.0 cm³/mol. The minimum absolute atomic E-state index is 0.114. The first-order chi connectivity index (χ1) is 6.39. The van der Waals surface area contributed by atoms with Crippen LogP contribution in [0.3, 0.4) is 0 Å². The van der Waals surface area contributed by atoms with Crippen molar-refractivity contribution >= 4 is 0 Å². The van der Waals surface area contributed by atoms with Crippen molar-refractivity contribution in [3.8, 4) is 0 Å². The fourth-order valence-corrected chi connectivity index (χ4v) is 1.92. The molecule has 0 aliphatic heterocycles. The van der Waals surface area contributed by atoms with Crippen LogP contribution in [0.15, 0.2) is 12.3 Å². The van der Waals surface area contributed by atoms with Crippen molar-refractivity contribution in [2.75, 3.05) is 0 Å². The molecule has 3 nitrogen and oxygen atoms in total. The average Bonchev–Trinajstić information content (AvgIpc) is 2.30. The fourth-order valence-electron chi connectivity index (χ4n) is 1.92. The van der Waals surface area contributed by atoms with E-state index in [0.29, 0.717) is 0 Å². The van der Waals surface area contributed by atoms with E-state index in [1.165, 1.54) is 0 Å². The number of aliphatic hydroxyl groups is 1. The van der Waals surface area contributed by atoms with Gasteiger partial charge in [0.25, 0.3) is 0 Å². The molecule has 3 heteroatoms. The summed E-state index contributed by atoms with van der Waals surface area (Å²) in [6.45, 7) is 6.16. The Balaban J connectivity index is 2.58. The normalized spacial score (nSPS) is 14.4. The second-order valence-electron chi connectivity index (χ2n) is 4.87. The first kappa shape index (κ1) is 11.2. The first-order valence-corrected chi connectivity index (χ1v) is 5.06. The molecular weight excluding hydrogens is 176 g/mol. The highest BCUT2D eigenvalue weighted by atomic mass is 16.3. The lowest BCUT2D eigenvalue weighted by Crippen LogP contribution is -2.21. The molecule has 0 aromatic carbocycles. The molecule has 0 amide bonds. The van der Waals surface area contributed by atoms with E-state index >= 15 is 0 Å². The Morgan fingerprint density at radius 1 is 1.57 bits per heavy atom. The third-order valence-electron chi connectivity index (χ3n) is 2.28. The van der Waals surface area contributed by atoms with E-state index in [1.54, 1.807) is 0 Å². The molecule has 0 aliphatic carbocycles. The smallest absolute Gasteiger partial charge is 0.0629 e. The van der Waals surface area contributed by atoms with Crippen molar-refractivity contribution in [1.29, 1.82) is 0 Å². The van der Waals surface area contributed by atoms with Gasteiger partial charge in [0.05, 0.1) is 11.8 Å². The Morgan fingerprint density at radius 3 is 2.64 bits per heavy atom. The number of hydrogen-bond donors (Lipinski definition) is 1. The van der Waals surface area contributed by atoms with Gasteiger partial charge in [0.2, 0.25) is 0 Å². The molecule has 0 spiro atoms. The maximum Gasteiger partial charge on any atom is 0.0629 e. The zero-order chi connectivity index (χ0) is 10.8. The lowest BCUT2D eigenvalue weighted by molar-refractivity contribution is 0.129. The van der Waals surface area contributed by atoms with Crippen LogP contribution >= 0.6 is 0 Å². The van der Waals surface area contributed by atoms with Crippen molar-refractivity contribution < 1.29 is 5.11 Å². The van der Waals surface area contributed by atoms with Gasteiger partial charge in [-0.1, -0.05) is 13.8 Å². The number of aromatic nitrogens is 2. The van der Waals surface area contributed by atoms with Crippen LogP contribution in [-0.2, 0) is 13.5 Å². The van der Waals surface area contributed by atoms with Gasteiger partial charge in [-0.15, -0.1) is 0 Å². The van der Waals surface area contributed by atoms with Gasteiger partial charge in [0, 0.05) is 13.2 Å². The van der Waals surface area contributed by atoms with E-state index in [4.69, 9.17) is 0 Å². The SMILES string of the molecule is CC(O)CC(C)(C)Cc1ccn(C)n1. The van der Waals surface area contributed by atoms with E-state index in [-0.39, 0.29) is 11.5 Å². The number of hydrogen-bond acceptors (Lipinski definition) is 2. The minimum atomic E-state index is -0.242. The van der Waals surface area contributed by atoms with Gasteiger partial charge in [-0.3, -0.25) is 4.68 Å². The molecule has 1 unspecified atom stereocenters. The molecule has 0 saturated carbocycles. The number of rotatable bonds is 4. The Morgan fingerprint density at radius 2 is 2.21 bits per heavy atom. The van der Waals surface area contributed by atoms with Crippen molar-refractivity contribution in [3.63, 3.8) is 0 Å². The molecule has 0 aliphatic rings. The lowest BCUT2D eigenvalue weighted by Gasteiger charge is -2.24. The van der Waals surface area contributed by atoms with Crippen LogP contribution in [0.1, 0.15) is 32.9 Å². The second kappa shape index (κ2) is 4.13. The molecule has 0 bridgehead atoms. The van der Waals surface area contributed by atoms with Crippen LogP contribution in [0.2, 0.25) is 0 Å². The second-order valence-corrected chi connectivity index (χ2v) is 4.87. The van der Waals surface area contributed by atoms with Crippen molar-refractivity contribution in [2.45, 2.75) is 39.7 Å². The van der Waals surface area contributed by atoms with Crippen LogP contribution in [-0.4, -0.2) is 21.0 Å². The quantitative estimate of drug-likeness (QED) is 0.797. The molecule has 0 fully saturated rings. The molecule has 1 heterocycles. The maximum atomic E-state index is 9.35. The highest BCUT2D eigenvalue weighted by Crippen LogP contribution is 2.26. The summed E-state index contributed by atoms with van der Waals surface area (Å²) in [6.07, 6.45) is 3.43. The first-order valence-electron chi connectivity index (χ1n) is 5.06. The molecule has 1 N–H and O–H groups in total. The third kappa shape index (κ3) is 3.50. The standard InChI is InChI=1S/C11H20N2O/c1-9(14)7-11(2,3)8-10-5-6-13(4)12-10/h5-6,9,14H,7-8H2,1-4H3. The number of nitrogens with zero attached hydrogens (tertiary/aromatic N) is 2. The van der Waals surface area contributed by atoms with Gasteiger partial charge in [-0.05, 0) is 31.2 Å². The summed E-state index contributed by atoms with van der Waals surface area (Å²) in [5.74, 6) is 0. The summed E-state index contributed by atoms with van der Waals surface area (Å²) in [4.78, 5) is 0. The average molecular weight is 196 g/mol. The topological polar surface area (TPSA) is 38.0 Å². The van der Waals surface area contributed by atoms with E-state index in [9.17, 15) is 5.11 Å². The summed E-state index contributed by atoms with van der Waals surface area (Å²) < 4.78 is 1.81. The summed E-state index contributed by atoms with van der Waals surface area (Å²) in [6, 6.07) is 2.03. The van der Waals surface area contributed by atoms with E-state index in [0.717, 1.165) is 18.5 Å². The molecule has 14 heavy (non-hydrogen) atoms. The minimum Gasteiger partial charge on any atom is -0.393 e. The Labute approximate surface area is 85.8 Å². The van der Waals surface area contributed by atoms with E-state index < -0.39 is 0 Å². The molecule has 0 radical (unpaired) electrons. The zero-order valence-corrected chi connectivity index (χ0v) is 9.49. The van der Waals surface area contributed by atoms with Crippen LogP contribution in [0, 0.1) is 5.41 Å². The lowest BCUT2D eigenvalue weighted by atomic mass is 9.82. The summed E-state index contributed by atoms with van der Waals surface area (Å²) in [5.41, 5.74) is 1.21. The monoisotopic (exact) mass is 196 g/mol. The fraction of sp³-hybridized carbons (Fsp3) is 0.727. The van der Waals surface area contributed by atoms with Crippen LogP contribution in [0.4, 0.5) is 0 Å². The molecule has 1 aromatic rings. The highest BCUT2D eigenvalue weighted by molar-refractivity contribution is 5.01. The largest absolute Gasteiger partial charge is 0.393 e. The zero-order valence-electron chi connectivity index (χ0n) is 9.49. The van der Waals surface area contributed by atoms with Crippen LogP contribution < -0.4 is 0 Å². The van der Waals surface area contributed by atoms with Crippen LogP contribution in [0.25, 0.3) is 0 Å². The number of aliphatic hydroxyl groups excluding tert-OH is 1. The molecular formula is C11H20N2O. The summed E-state index contributed by atoms with van der Waals surface area (Å²) in [5, 5.41) is 13.7. The molecule has 80 valence electrons. The summed E-state index contributed by atoms with van der Waals surface area (Å²) >= 11 is 0. The van der Waals surface area contributed by atoms with Gasteiger partial charge in [-0.2, -0.15) is 5.10 Å². The molecule has 1 atom stereocenters. The Kier molecular flexibility index (Phi) is 3.32.